The van der Waals surface area contributed by atoms with Gasteiger partial charge in [-0.3, -0.25) is 14.9 Å². The number of hydrogen-bond acceptors (Lipinski definition) is 5. The molecular formula is C15H21N3O4. The Bertz CT molecular complexity index is 529. The van der Waals surface area contributed by atoms with Crippen LogP contribution < -0.4 is 10.6 Å². The van der Waals surface area contributed by atoms with Gasteiger partial charge in [-0.2, -0.15) is 0 Å². The van der Waals surface area contributed by atoms with E-state index in [0.717, 1.165) is 25.7 Å². The molecular weight excluding hydrogens is 286 g/mol. The fourth-order valence-corrected chi connectivity index (χ4v) is 2.75. The van der Waals surface area contributed by atoms with Gasteiger partial charge in [0.05, 0.1) is 17.6 Å². The second kappa shape index (κ2) is 7.74. The number of para-hydroxylation sites is 2. The number of nitro groups is 1. The summed E-state index contributed by atoms with van der Waals surface area (Å²) in [4.78, 5) is 22.1. The smallest absolute Gasteiger partial charge is 0.292 e. The first kappa shape index (κ1) is 16.2. The molecule has 120 valence electrons. The lowest BCUT2D eigenvalue weighted by Gasteiger charge is -2.18. The minimum absolute atomic E-state index is 0.0672. The van der Waals surface area contributed by atoms with E-state index in [2.05, 4.69) is 10.6 Å². The van der Waals surface area contributed by atoms with Crippen molar-refractivity contribution in [3.63, 3.8) is 0 Å². The highest BCUT2D eigenvalue weighted by Crippen LogP contribution is 2.27. The molecule has 7 heteroatoms. The minimum Gasteiger partial charge on any atom is -0.391 e. The van der Waals surface area contributed by atoms with Gasteiger partial charge in [0.15, 0.2) is 0 Å². The van der Waals surface area contributed by atoms with E-state index in [4.69, 9.17) is 0 Å². The molecule has 0 bridgehead atoms. The molecule has 0 saturated heterocycles. The van der Waals surface area contributed by atoms with Gasteiger partial charge in [-0.05, 0) is 24.8 Å². The standard InChI is InChI=1S/C15H21N3O4/c19-14(11-5-1-2-6-11)9-17-15(20)10-16-12-7-3-4-8-13(12)18(21)22/h3-4,7-8,11,14,16,19H,1-2,5-6,9-10H2,(H,17,20). The largest absolute Gasteiger partial charge is 0.391 e. The van der Waals surface area contributed by atoms with Crippen LogP contribution in [0.25, 0.3) is 0 Å². The predicted molar refractivity (Wildman–Crippen MR) is 82.6 cm³/mol. The van der Waals surface area contributed by atoms with Crippen LogP contribution in [0.3, 0.4) is 0 Å². The van der Waals surface area contributed by atoms with Crippen LogP contribution in [0.2, 0.25) is 0 Å². The zero-order valence-electron chi connectivity index (χ0n) is 12.3. The maximum absolute atomic E-state index is 11.8. The molecule has 1 aliphatic carbocycles. The van der Waals surface area contributed by atoms with Gasteiger partial charge < -0.3 is 15.7 Å². The van der Waals surface area contributed by atoms with Gasteiger partial charge in [0.2, 0.25) is 5.91 Å². The van der Waals surface area contributed by atoms with Crippen LogP contribution in [-0.4, -0.2) is 35.1 Å². The zero-order chi connectivity index (χ0) is 15.9. The van der Waals surface area contributed by atoms with E-state index in [1.165, 1.54) is 6.07 Å². The molecule has 22 heavy (non-hydrogen) atoms. The van der Waals surface area contributed by atoms with Gasteiger partial charge in [-0.15, -0.1) is 0 Å². The Kier molecular flexibility index (Phi) is 5.71. The van der Waals surface area contributed by atoms with E-state index in [9.17, 15) is 20.0 Å². The van der Waals surface area contributed by atoms with Gasteiger partial charge in [0.1, 0.15) is 5.69 Å². The third-order valence-corrected chi connectivity index (χ3v) is 3.99. The molecule has 0 aliphatic heterocycles. The van der Waals surface area contributed by atoms with Gasteiger partial charge in [-0.25, -0.2) is 0 Å². The van der Waals surface area contributed by atoms with Crippen molar-refractivity contribution in [2.45, 2.75) is 31.8 Å². The summed E-state index contributed by atoms with van der Waals surface area (Å²) in [6.45, 7) is 0.157. The normalized spacial score (nSPS) is 16.2. The molecule has 1 aromatic carbocycles. The number of nitro benzene ring substituents is 1. The van der Waals surface area contributed by atoms with Crippen LogP contribution in [0.15, 0.2) is 24.3 Å². The van der Waals surface area contributed by atoms with Crippen molar-refractivity contribution in [1.82, 2.24) is 5.32 Å². The van der Waals surface area contributed by atoms with Crippen molar-refractivity contribution in [1.29, 1.82) is 0 Å². The molecule has 0 spiro atoms. The van der Waals surface area contributed by atoms with Crippen LogP contribution in [-0.2, 0) is 4.79 Å². The molecule has 1 fully saturated rings. The van der Waals surface area contributed by atoms with Crippen molar-refractivity contribution in [2.24, 2.45) is 5.92 Å². The summed E-state index contributed by atoms with van der Waals surface area (Å²) in [7, 11) is 0. The quantitative estimate of drug-likeness (QED) is 0.525. The van der Waals surface area contributed by atoms with Gasteiger partial charge in [-0.1, -0.05) is 25.0 Å². The van der Waals surface area contributed by atoms with Gasteiger partial charge >= 0.3 is 0 Å². The summed E-state index contributed by atoms with van der Waals surface area (Å²) >= 11 is 0. The van der Waals surface area contributed by atoms with Crippen LogP contribution in [0.4, 0.5) is 11.4 Å². The number of aliphatic hydroxyl groups is 1. The second-order valence-electron chi connectivity index (χ2n) is 5.54. The highest BCUT2D eigenvalue weighted by atomic mass is 16.6. The molecule has 1 aliphatic rings. The topological polar surface area (TPSA) is 104 Å². The third-order valence-electron chi connectivity index (χ3n) is 3.99. The molecule has 1 atom stereocenters. The first-order chi connectivity index (χ1) is 10.6. The molecule has 7 nitrogen and oxygen atoms in total. The summed E-state index contributed by atoms with van der Waals surface area (Å²) < 4.78 is 0. The van der Waals surface area contributed by atoms with Crippen molar-refractivity contribution < 1.29 is 14.8 Å². The first-order valence-electron chi connectivity index (χ1n) is 7.50. The second-order valence-corrected chi connectivity index (χ2v) is 5.54. The number of rotatable bonds is 7. The van der Waals surface area contributed by atoms with Gasteiger partial charge in [0.25, 0.3) is 5.69 Å². The van der Waals surface area contributed by atoms with Crippen molar-refractivity contribution in [2.75, 3.05) is 18.4 Å². The molecule has 1 aromatic rings. The number of nitrogens with zero attached hydrogens (tertiary/aromatic N) is 1. The summed E-state index contributed by atoms with van der Waals surface area (Å²) in [5.41, 5.74) is 0.236. The number of amides is 1. The van der Waals surface area contributed by atoms with E-state index in [-0.39, 0.29) is 30.6 Å². The SMILES string of the molecule is O=C(CNc1ccccc1[N+](=O)[O-])NCC(O)C1CCCC1. The lowest BCUT2D eigenvalue weighted by Crippen LogP contribution is -2.38. The Balaban J connectivity index is 1.77. The fourth-order valence-electron chi connectivity index (χ4n) is 2.75. The van der Waals surface area contributed by atoms with Crippen LogP contribution in [0, 0.1) is 16.0 Å². The lowest BCUT2D eigenvalue weighted by molar-refractivity contribution is -0.383. The summed E-state index contributed by atoms with van der Waals surface area (Å²) in [6.07, 6.45) is 3.76. The number of carbonyl (C=O) groups is 1. The summed E-state index contributed by atoms with van der Waals surface area (Å²) in [5.74, 6) is -0.0290. The molecule has 1 amide bonds. The van der Waals surface area contributed by atoms with E-state index in [1.807, 2.05) is 0 Å². The highest BCUT2D eigenvalue weighted by Gasteiger charge is 2.23. The molecule has 0 aromatic heterocycles. The van der Waals surface area contributed by atoms with Crippen molar-refractivity contribution in [3.8, 4) is 0 Å². The third kappa shape index (κ3) is 4.42. The molecule has 0 radical (unpaired) electrons. The van der Waals surface area contributed by atoms with Crippen LogP contribution in [0.1, 0.15) is 25.7 Å². The first-order valence-corrected chi connectivity index (χ1v) is 7.50. The number of nitrogens with one attached hydrogen (secondary N) is 2. The highest BCUT2D eigenvalue weighted by molar-refractivity contribution is 5.81. The number of carbonyl (C=O) groups excluding carboxylic acids is 1. The number of benzene rings is 1. The molecule has 1 unspecified atom stereocenters. The lowest BCUT2D eigenvalue weighted by atomic mass is 10.0. The van der Waals surface area contributed by atoms with Crippen LogP contribution >= 0.6 is 0 Å². The van der Waals surface area contributed by atoms with Crippen molar-refractivity contribution >= 4 is 17.3 Å². The molecule has 2 rings (SSSR count). The predicted octanol–water partition coefficient (Wildman–Crippen LogP) is 1.67. The maximum Gasteiger partial charge on any atom is 0.292 e. The number of aliphatic hydroxyl groups excluding tert-OH is 1. The van der Waals surface area contributed by atoms with E-state index in [0.29, 0.717) is 5.69 Å². The Hall–Kier alpha value is -2.15. The fraction of sp³-hybridized carbons (Fsp3) is 0.533. The number of anilines is 1. The average Bonchev–Trinajstić information content (AvgIpc) is 3.05. The van der Waals surface area contributed by atoms with Crippen molar-refractivity contribution in [3.05, 3.63) is 34.4 Å². The number of hydrogen-bond donors (Lipinski definition) is 3. The summed E-state index contributed by atoms with van der Waals surface area (Å²) in [5, 5.41) is 26.2. The average molecular weight is 307 g/mol. The Morgan fingerprint density at radius 1 is 1.36 bits per heavy atom. The Morgan fingerprint density at radius 2 is 2.05 bits per heavy atom. The van der Waals surface area contributed by atoms with E-state index >= 15 is 0 Å². The maximum atomic E-state index is 11.8. The van der Waals surface area contributed by atoms with Gasteiger partial charge in [0, 0.05) is 12.6 Å². The molecule has 1 saturated carbocycles. The minimum atomic E-state index is -0.516. The molecule has 0 heterocycles. The summed E-state index contributed by atoms with van der Waals surface area (Å²) in [6, 6.07) is 6.17. The Labute approximate surface area is 128 Å². The van der Waals surface area contributed by atoms with E-state index in [1.54, 1.807) is 18.2 Å². The Morgan fingerprint density at radius 3 is 2.73 bits per heavy atom. The molecule has 3 N–H and O–H groups in total. The van der Waals surface area contributed by atoms with Crippen LogP contribution in [0.5, 0.6) is 0 Å². The van der Waals surface area contributed by atoms with E-state index < -0.39 is 11.0 Å². The zero-order valence-corrected chi connectivity index (χ0v) is 12.3. The monoisotopic (exact) mass is 307 g/mol.